The van der Waals surface area contributed by atoms with Crippen LogP contribution >= 0.6 is 0 Å². The molecule has 0 spiro atoms. The highest BCUT2D eigenvalue weighted by atomic mass is 16.3. The van der Waals surface area contributed by atoms with Gasteiger partial charge in [-0.1, -0.05) is 12.1 Å². The van der Waals surface area contributed by atoms with Gasteiger partial charge in [0.15, 0.2) is 0 Å². The predicted octanol–water partition coefficient (Wildman–Crippen LogP) is -0.299. The van der Waals surface area contributed by atoms with Crippen molar-refractivity contribution in [3.05, 3.63) is 24.3 Å². The molecule has 1 heterocycles. The van der Waals surface area contributed by atoms with E-state index in [0.29, 0.717) is 5.95 Å². The van der Waals surface area contributed by atoms with Gasteiger partial charge in [0, 0.05) is 7.05 Å². The standard InChI is InChI=1S/C12H17N3O3/c1-15-10-5-3-2-4-9(10)13-11(15)14-12(6-16,7-17)8-18/h2-5,16-18H,6-8H2,1H3,(H,13,14). The number of benzene rings is 1. The maximum atomic E-state index is 9.28. The second kappa shape index (κ2) is 4.93. The number of aliphatic hydroxyl groups is 3. The summed E-state index contributed by atoms with van der Waals surface area (Å²) in [6.45, 7) is -1.16. The molecule has 0 aliphatic rings. The van der Waals surface area contributed by atoms with Crippen LogP contribution < -0.4 is 5.32 Å². The molecule has 1 aromatic carbocycles. The predicted molar refractivity (Wildman–Crippen MR) is 68.3 cm³/mol. The Hall–Kier alpha value is -1.63. The van der Waals surface area contributed by atoms with Crippen molar-refractivity contribution in [1.82, 2.24) is 9.55 Å². The third-order valence-electron chi connectivity index (χ3n) is 3.07. The fourth-order valence-electron chi connectivity index (χ4n) is 1.76. The molecule has 2 aromatic rings. The van der Waals surface area contributed by atoms with Crippen LogP contribution in [0.5, 0.6) is 0 Å². The number of nitrogens with one attached hydrogen (secondary N) is 1. The van der Waals surface area contributed by atoms with Gasteiger partial charge in [0.2, 0.25) is 5.95 Å². The van der Waals surface area contributed by atoms with Crippen LogP contribution in [-0.4, -0.2) is 50.2 Å². The van der Waals surface area contributed by atoms with Crippen LogP contribution in [0.4, 0.5) is 5.95 Å². The molecule has 0 amide bonds. The Labute approximate surface area is 105 Å². The van der Waals surface area contributed by atoms with E-state index in [1.165, 1.54) is 0 Å². The first-order chi connectivity index (χ1) is 8.65. The summed E-state index contributed by atoms with van der Waals surface area (Å²) in [4.78, 5) is 4.36. The summed E-state index contributed by atoms with van der Waals surface area (Å²) in [7, 11) is 1.83. The number of anilines is 1. The van der Waals surface area contributed by atoms with Crippen molar-refractivity contribution < 1.29 is 15.3 Å². The minimum Gasteiger partial charge on any atom is -0.394 e. The SMILES string of the molecule is Cn1c(NC(CO)(CO)CO)nc2ccccc21. The lowest BCUT2D eigenvalue weighted by atomic mass is 10.0. The molecule has 0 radical (unpaired) electrons. The van der Waals surface area contributed by atoms with Gasteiger partial charge in [-0.25, -0.2) is 4.98 Å². The van der Waals surface area contributed by atoms with Crippen molar-refractivity contribution in [1.29, 1.82) is 0 Å². The van der Waals surface area contributed by atoms with Crippen molar-refractivity contribution in [3.8, 4) is 0 Å². The van der Waals surface area contributed by atoms with E-state index in [1.807, 2.05) is 35.9 Å². The normalized spacial score (nSPS) is 12.0. The summed E-state index contributed by atoms with van der Waals surface area (Å²) in [6.07, 6.45) is 0. The maximum Gasteiger partial charge on any atom is 0.204 e. The van der Waals surface area contributed by atoms with Gasteiger partial charge in [0.1, 0.15) is 5.54 Å². The lowest BCUT2D eigenvalue weighted by Crippen LogP contribution is -2.49. The molecule has 2 rings (SSSR count). The third kappa shape index (κ3) is 2.05. The molecule has 0 atom stereocenters. The molecule has 6 heteroatoms. The number of aromatic nitrogens is 2. The molecule has 0 saturated carbocycles. The highest BCUT2D eigenvalue weighted by Crippen LogP contribution is 2.20. The molecule has 0 fully saturated rings. The van der Waals surface area contributed by atoms with Crippen LogP contribution in [0.1, 0.15) is 0 Å². The number of para-hydroxylation sites is 2. The van der Waals surface area contributed by atoms with Crippen LogP contribution in [0.25, 0.3) is 11.0 Å². The fraction of sp³-hybridized carbons (Fsp3) is 0.417. The van der Waals surface area contributed by atoms with Gasteiger partial charge in [-0.05, 0) is 12.1 Å². The molecule has 18 heavy (non-hydrogen) atoms. The smallest absolute Gasteiger partial charge is 0.204 e. The number of hydrogen-bond donors (Lipinski definition) is 4. The van der Waals surface area contributed by atoms with Crippen LogP contribution in [-0.2, 0) is 7.05 Å². The first-order valence-electron chi connectivity index (χ1n) is 5.68. The average molecular weight is 251 g/mol. The Morgan fingerprint density at radius 1 is 1.17 bits per heavy atom. The van der Waals surface area contributed by atoms with E-state index in [-0.39, 0.29) is 19.8 Å². The van der Waals surface area contributed by atoms with E-state index in [1.54, 1.807) is 0 Å². The number of imidazole rings is 1. The topological polar surface area (TPSA) is 90.5 Å². The summed E-state index contributed by atoms with van der Waals surface area (Å²) in [5.74, 6) is 0.494. The molecule has 0 saturated heterocycles. The lowest BCUT2D eigenvalue weighted by Gasteiger charge is -2.29. The molecule has 1 aromatic heterocycles. The van der Waals surface area contributed by atoms with E-state index in [2.05, 4.69) is 10.3 Å². The Kier molecular flexibility index (Phi) is 3.51. The minimum atomic E-state index is -1.17. The number of aryl methyl sites for hydroxylation is 1. The number of nitrogens with zero attached hydrogens (tertiary/aromatic N) is 2. The monoisotopic (exact) mass is 251 g/mol. The van der Waals surface area contributed by atoms with Crippen LogP contribution in [0.2, 0.25) is 0 Å². The second-order valence-electron chi connectivity index (χ2n) is 4.36. The summed E-state index contributed by atoms with van der Waals surface area (Å²) in [6, 6.07) is 7.59. The van der Waals surface area contributed by atoms with Gasteiger partial charge in [-0.15, -0.1) is 0 Å². The molecule has 0 bridgehead atoms. The Balaban J connectivity index is 2.39. The zero-order chi connectivity index (χ0) is 13.2. The van der Waals surface area contributed by atoms with Gasteiger partial charge in [0.25, 0.3) is 0 Å². The van der Waals surface area contributed by atoms with Gasteiger partial charge in [0.05, 0.1) is 30.9 Å². The number of aliphatic hydroxyl groups excluding tert-OH is 3. The second-order valence-corrected chi connectivity index (χ2v) is 4.36. The zero-order valence-corrected chi connectivity index (χ0v) is 10.2. The van der Waals surface area contributed by atoms with Crippen molar-refractivity contribution in [3.63, 3.8) is 0 Å². The van der Waals surface area contributed by atoms with Crippen molar-refractivity contribution >= 4 is 17.0 Å². The fourth-order valence-corrected chi connectivity index (χ4v) is 1.76. The van der Waals surface area contributed by atoms with Crippen molar-refractivity contribution in [2.45, 2.75) is 5.54 Å². The summed E-state index contributed by atoms with van der Waals surface area (Å²) in [5, 5.41) is 30.8. The Bertz CT molecular complexity index is 526. The van der Waals surface area contributed by atoms with E-state index >= 15 is 0 Å². The number of rotatable bonds is 5. The minimum absolute atomic E-state index is 0.386. The summed E-state index contributed by atoms with van der Waals surface area (Å²) in [5.41, 5.74) is 0.572. The highest BCUT2D eigenvalue weighted by molar-refractivity contribution is 5.78. The van der Waals surface area contributed by atoms with Crippen molar-refractivity contribution in [2.75, 3.05) is 25.1 Å². The molecule has 4 N–H and O–H groups in total. The third-order valence-corrected chi connectivity index (χ3v) is 3.07. The number of hydrogen-bond acceptors (Lipinski definition) is 5. The van der Waals surface area contributed by atoms with E-state index < -0.39 is 5.54 Å². The maximum absolute atomic E-state index is 9.28. The molecule has 0 unspecified atom stereocenters. The Morgan fingerprint density at radius 2 is 1.78 bits per heavy atom. The van der Waals surface area contributed by atoms with Crippen LogP contribution in [0.3, 0.4) is 0 Å². The molecular formula is C12H17N3O3. The average Bonchev–Trinajstić information content (AvgIpc) is 2.73. The Morgan fingerprint density at radius 3 is 2.33 bits per heavy atom. The van der Waals surface area contributed by atoms with Gasteiger partial charge in [-0.3, -0.25) is 0 Å². The number of fused-ring (bicyclic) bond motifs is 1. The molecule has 98 valence electrons. The van der Waals surface area contributed by atoms with Gasteiger partial charge < -0.3 is 25.2 Å². The highest BCUT2D eigenvalue weighted by Gasteiger charge is 2.29. The summed E-state index contributed by atoms with van der Waals surface area (Å²) < 4.78 is 1.81. The van der Waals surface area contributed by atoms with Crippen LogP contribution in [0.15, 0.2) is 24.3 Å². The molecule has 0 aliphatic carbocycles. The zero-order valence-electron chi connectivity index (χ0n) is 10.2. The first-order valence-corrected chi connectivity index (χ1v) is 5.68. The molecular weight excluding hydrogens is 234 g/mol. The van der Waals surface area contributed by atoms with E-state index in [0.717, 1.165) is 11.0 Å². The van der Waals surface area contributed by atoms with Gasteiger partial charge >= 0.3 is 0 Å². The van der Waals surface area contributed by atoms with E-state index in [9.17, 15) is 15.3 Å². The first kappa shape index (κ1) is 12.8. The van der Waals surface area contributed by atoms with Gasteiger partial charge in [-0.2, -0.15) is 0 Å². The summed E-state index contributed by atoms with van der Waals surface area (Å²) >= 11 is 0. The quantitative estimate of drug-likeness (QED) is 0.586. The largest absolute Gasteiger partial charge is 0.394 e. The lowest BCUT2D eigenvalue weighted by molar-refractivity contribution is 0.0827. The molecule has 6 nitrogen and oxygen atoms in total. The van der Waals surface area contributed by atoms with Crippen molar-refractivity contribution in [2.24, 2.45) is 7.05 Å². The van der Waals surface area contributed by atoms with Crippen LogP contribution in [0, 0.1) is 0 Å². The van der Waals surface area contributed by atoms with E-state index in [4.69, 9.17) is 0 Å². The molecule has 0 aliphatic heterocycles.